The number of hydrogen-bond acceptors (Lipinski definition) is 3. The van der Waals surface area contributed by atoms with Crippen molar-refractivity contribution in [3.8, 4) is 0 Å². The third kappa shape index (κ3) is 1.94. The number of nitrogens with zero attached hydrogens (tertiary/aromatic N) is 1. The monoisotopic (exact) mass is 171 g/mol. The zero-order chi connectivity index (χ0) is 8.27. The second kappa shape index (κ2) is 3.74. The highest BCUT2D eigenvalue weighted by atomic mass is 32.1. The van der Waals surface area contributed by atoms with Gasteiger partial charge in [-0.2, -0.15) is 0 Å². The topological polar surface area (TPSA) is 23.5 Å². The fourth-order valence-electron chi connectivity index (χ4n) is 1.01. The molecule has 0 spiro atoms. The number of hydrogen-bond donors (Lipinski definition) is 1. The van der Waals surface area contributed by atoms with Crippen LogP contribution in [0.15, 0.2) is 11.4 Å². The second-order valence-corrected chi connectivity index (χ2v) is 3.45. The van der Waals surface area contributed by atoms with E-state index < -0.39 is 0 Å². The van der Waals surface area contributed by atoms with Crippen LogP contribution >= 0.6 is 11.3 Å². The van der Waals surface area contributed by atoms with Crippen LogP contribution in [-0.2, 0) is 0 Å². The molecule has 62 valence electrons. The van der Waals surface area contributed by atoms with Gasteiger partial charge in [-0.25, -0.2) is 0 Å². The molecule has 0 fully saturated rings. The van der Waals surface area contributed by atoms with Crippen molar-refractivity contribution in [2.75, 3.05) is 25.1 Å². The summed E-state index contributed by atoms with van der Waals surface area (Å²) in [6.45, 7) is 3.01. The highest BCUT2D eigenvalue weighted by Gasteiger charge is 2.03. The lowest BCUT2D eigenvalue weighted by molar-refractivity contribution is 0.304. The minimum Gasteiger partial charge on any atom is -0.395 e. The number of aryl methyl sites for hydroxylation is 1. The molecule has 1 heterocycles. The molecule has 0 saturated heterocycles. The first-order chi connectivity index (χ1) is 5.25. The van der Waals surface area contributed by atoms with Crippen molar-refractivity contribution < 1.29 is 5.11 Å². The average Bonchev–Trinajstić information content (AvgIpc) is 2.36. The molecule has 1 aromatic rings. The normalized spacial score (nSPS) is 10.1. The minimum atomic E-state index is 0.216. The van der Waals surface area contributed by atoms with Crippen LogP contribution < -0.4 is 4.90 Å². The molecule has 0 radical (unpaired) electrons. The summed E-state index contributed by atoms with van der Waals surface area (Å²) >= 11 is 1.71. The van der Waals surface area contributed by atoms with Crippen LogP contribution in [0.25, 0.3) is 0 Å². The van der Waals surface area contributed by atoms with Crippen LogP contribution in [0.4, 0.5) is 5.00 Å². The number of aliphatic hydroxyl groups is 1. The van der Waals surface area contributed by atoms with Gasteiger partial charge in [-0.15, -0.1) is 11.3 Å². The van der Waals surface area contributed by atoms with E-state index in [0.29, 0.717) is 6.54 Å². The van der Waals surface area contributed by atoms with E-state index in [2.05, 4.69) is 23.3 Å². The Kier molecular flexibility index (Phi) is 2.91. The summed E-state index contributed by atoms with van der Waals surface area (Å²) in [6.07, 6.45) is 0. The fourth-order valence-corrected chi connectivity index (χ4v) is 1.93. The maximum absolute atomic E-state index is 8.69. The van der Waals surface area contributed by atoms with E-state index in [0.717, 1.165) is 0 Å². The smallest absolute Gasteiger partial charge is 0.0936 e. The summed E-state index contributed by atoms with van der Waals surface area (Å²) in [4.78, 5) is 2.07. The summed E-state index contributed by atoms with van der Waals surface area (Å²) in [6, 6.07) is 2.09. The Hall–Kier alpha value is -0.540. The van der Waals surface area contributed by atoms with Crippen LogP contribution in [0.3, 0.4) is 0 Å². The van der Waals surface area contributed by atoms with Crippen molar-refractivity contribution in [2.24, 2.45) is 0 Å². The molecule has 0 bridgehead atoms. The molecule has 0 aromatic carbocycles. The Balaban J connectivity index is 2.67. The van der Waals surface area contributed by atoms with Gasteiger partial charge in [-0.05, 0) is 23.9 Å². The highest BCUT2D eigenvalue weighted by Crippen LogP contribution is 2.24. The molecule has 1 aromatic heterocycles. The van der Waals surface area contributed by atoms with Crippen molar-refractivity contribution in [1.29, 1.82) is 0 Å². The summed E-state index contributed by atoms with van der Waals surface area (Å²) in [5.74, 6) is 0. The largest absolute Gasteiger partial charge is 0.395 e. The lowest BCUT2D eigenvalue weighted by atomic mass is 10.3. The summed E-state index contributed by atoms with van der Waals surface area (Å²) < 4.78 is 0. The predicted octanol–water partition coefficient (Wildman–Crippen LogP) is 1.49. The lowest BCUT2D eigenvalue weighted by Gasteiger charge is -2.16. The third-order valence-corrected chi connectivity index (χ3v) is 2.75. The minimum absolute atomic E-state index is 0.216. The standard InChI is InChI=1S/C8H13NOS/c1-7-3-6-11-8(7)9(2)4-5-10/h3,6,10H,4-5H2,1-2H3. The maximum Gasteiger partial charge on any atom is 0.0936 e. The molecule has 2 nitrogen and oxygen atoms in total. The van der Waals surface area contributed by atoms with E-state index in [1.54, 1.807) is 11.3 Å². The van der Waals surface area contributed by atoms with Crippen LogP contribution in [0.5, 0.6) is 0 Å². The first-order valence-electron chi connectivity index (χ1n) is 3.62. The molecule has 0 aliphatic carbocycles. The molecule has 3 heteroatoms. The van der Waals surface area contributed by atoms with E-state index in [4.69, 9.17) is 5.11 Å². The summed E-state index contributed by atoms with van der Waals surface area (Å²) in [5, 5.41) is 12.0. The predicted molar refractivity (Wildman–Crippen MR) is 49.4 cm³/mol. The molecule has 0 atom stereocenters. The van der Waals surface area contributed by atoms with E-state index in [1.807, 2.05) is 7.05 Å². The van der Waals surface area contributed by atoms with E-state index >= 15 is 0 Å². The summed E-state index contributed by atoms with van der Waals surface area (Å²) in [5.41, 5.74) is 1.28. The van der Waals surface area contributed by atoms with Gasteiger partial charge in [0.15, 0.2) is 0 Å². The van der Waals surface area contributed by atoms with Gasteiger partial charge in [0.1, 0.15) is 0 Å². The van der Waals surface area contributed by atoms with E-state index in [1.165, 1.54) is 10.6 Å². The molecule has 0 saturated carbocycles. The van der Waals surface area contributed by atoms with Gasteiger partial charge in [-0.1, -0.05) is 0 Å². The van der Waals surface area contributed by atoms with E-state index in [-0.39, 0.29) is 6.61 Å². The van der Waals surface area contributed by atoms with Crippen LogP contribution in [0.1, 0.15) is 5.56 Å². The SMILES string of the molecule is Cc1ccsc1N(C)CCO. The number of rotatable bonds is 3. The van der Waals surface area contributed by atoms with Crippen molar-refractivity contribution in [3.63, 3.8) is 0 Å². The molecule has 11 heavy (non-hydrogen) atoms. The first-order valence-corrected chi connectivity index (χ1v) is 4.49. The van der Waals surface area contributed by atoms with Crippen molar-refractivity contribution in [3.05, 3.63) is 17.0 Å². The molecule has 1 N–H and O–H groups in total. The van der Waals surface area contributed by atoms with Crippen LogP contribution in [-0.4, -0.2) is 25.3 Å². The van der Waals surface area contributed by atoms with Gasteiger partial charge >= 0.3 is 0 Å². The van der Waals surface area contributed by atoms with Crippen molar-refractivity contribution in [2.45, 2.75) is 6.92 Å². The van der Waals surface area contributed by atoms with Gasteiger partial charge in [0.25, 0.3) is 0 Å². The number of thiophene rings is 1. The molecular weight excluding hydrogens is 158 g/mol. The Labute approximate surface area is 71.1 Å². The zero-order valence-corrected chi connectivity index (χ0v) is 7.69. The Bertz CT molecular complexity index is 222. The third-order valence-electron chi connectivity index (χ3n) is 1.62. The second-order valence-electron chi connectivity index (χ2n) is 2.55. The van der Waals surface area contributed by atoms with Crippen molar-refractivity contribution in [1.82, 2.24) is 0 Å². The Morgan fingerprint density at radius 1 is 1.64 bits per heavy atom. The fraction of sp³-hybridized carbons (Fsp3) is 0.500. The van der Waals surface area contributed by atoms with Gasteiger partial charge in [0.05, 0.1) is 11.6 Å². The highest BCUT2D eigenvalue weighted by molar-refractivity contribution is 7.14. The van der Waals surface area contributed by atoms with Gasteiger partial charge in [-0.3, -0.25) is 0 Å². The van der Waals surface area contributed by atoms with E-state index in [9.17, 15) is 0 Å². The Morgan fingerprint density at radius 3 is 2.82 bits per heavy atom. The number of aliphatic hydroxyl groups excluding tert-OH is 1. The molecule has 0 amide bonds. The van der Waals surface area contributed by atoms with Gasteiger partial charge < -0.3 is 10.0 Å². The quantitative estimate of drug-likeness (QED) is 0.744. The van der Waals surface area contributed by atoms with Crippen LogP contribution in [0.2, 0.25) is 0 Å². The lowest BCUT2D eigenvalue weighted by Crippen LogP contribution is -2.20. The first kappa shape index (κ1) is 8.56. The molecule has 1 rings (SSSR count). The van der Waals surface area contributed by atoms with Gasteiger partial charge in [0, 0.05) is 13.6 Å². The zero-order valence-electron chi connectivity index (χ0n) is 6.87. The molecular formula is C8H13NOS. The number of likely N-dealkylation sites (N-methyl/N-ethyl adjacent to an activating group) is 1. The van der Waals surface area contributed by atoms with Crippen LogP contribution in [0, 0.1) is 6.92 Å². The molecule has 0 unspecified atom stereocenters. The molecule has 0 aliphatic rings. The average molecular weight is 171 g/mol. The molecule has 0 aliphatic heterocycles. The maximum atomic E-state index is 8.69. The summed E-state index contributed by atoms with van der Waals surface area (Å²) in [7, 11) is 2.00. The number of anilines is 1. The Morgan fingerprint density at radius 2 is 2.36 bits per heavy atom. The van der Waals surface area contributed by atoms with Crippen molar-refractivity contribution >= 4 is 16.3 Å². The van der Waals surface area contributed by atoms with Gasteiger partial charge in [0.2, 0.25) is 0 Å².